The first kappa shape index (κ1) is 21.7. The van der Waals surface area contributed by atoms with Gasteiger partial charge in [0.25, 0.3) is 0 Å². The van der Waals surface area contributed by atoms with Gasteiger partial charge < -0.3 is 19.9 Å². The Morgan fingerprint density at radius 2 is 2.00 bits per heavy atom. The Morgan fingerprint density at radius 3 is 2.71 bits per heavy atom. The third kappa shape index (κ3) is 3.73. The maximum atomic E-state index is 14.9. The van der Waals surface area contributed by atoms with Gasteiger partial charge in [0, 0.05) is 13.1 Å². The zero-order chi connectivity index (χ0) is 24.3. The molecule has 3 aliphatic rings. The van der Waals surface area contributed by atoms with E-state index < -0.39 is 17.2 Å². The average Bonchev–Trinajstić information content (AvgIpc) is 3.26. The number of ether oxygens (including phenoxy) is 1. The van der Waals surface area contributed by atoms with E-state index in [0.717, 1.165) is 25.1 Å². The number of hydrogen-bond donors (Lipinski definition) is 1. The number of aromatic nitrogens is 3. The number of anilines is 3. The maximum Gasteiger partial charge on any atom is 0.246 e. The van der Waals surface area contributed by atoms with Gasteiger partial charge in [-0.2, -0.15) is 4.39 Å². The average molecular weight is 479 g/mol. The SMILES string of the molecule is C=CC(=O)N1C[C@@H]2C[C@H]1CN2c1ccc2ncnc(Nc3ccc(OC4(C)CC4)c(F)c3F)c2n1. The molecule has 3 aromatic rings. The first-order valence-electron chi connectivity index (χ1n) is 11.6. The van der Waals surface area contributed by atoms with Gasteiger partial charge in [0.05, 0.1) is 23.3 Å². The molecule has 35 heavy (non-hydrogen) atoms. The van der Waals surface area contributed by atoms with E-state index in [1.807, 2.05) is 24.0 Å². The predicted molar refractivity (Wildman–Crippen MR) is 127 cm³/mol. The molecular formula is C25H24F2N6O2. The van der Waals surface area contributed by atoms with Crippen LogP contribution >= 0.6 is 0 Å². The minimum absolute atomic E-state index is 0.0552. The Bertz CT molecular complexity index is 1360. The normalized spacial score (nSPS) is 21.9. The zero-order valence-corrected chi connectivity index (χ0v) is 19.2. The van der Waals surface area contributed by atoms with E-state index >= 15 is 0 Å². The van der Waals surface area contributed by atoms with E-state index in [1.165, 1.54) is 24.5 Å². The van der Waals surface area contributed by atoms with Gasteiger partial charge in [0.2, 0.25) is 11.7 Å². The number of benzene rings is 1. The number of piperazine rings is 1. The van der Waals surface area contributed by atoms with Crippen molar-refractivity contribution in [1.29, 1.82) is 0 Å². The number of likely N-dealkylation sites (tertiary alicyclic amines) is 1. The van der Waals surface area contributed by atoms with Crippen molar-refractivity contribution in [2.45, 2.75) is 43.9 Å². The highest BCUT2D eigenvalue weighted by Crippen LogP contribution is 2.41. The van der Waals surface area contributed by atoms with Crippen LogP contribution in [0.2, 0.25) is 0 Å². The van der Waals surface area contributed by atoms with Gasteiger partial charge >= 0.3 is 0 Å². The van der Waals surface area contributed by atoms with Crippen molar-refractivity contribution in [2.75, 3.05) is 23.3 Å². The van der Waals surface area contributed by atoms with Gasteiger partial charge in [-0.3, -0.25) is 4.79 Å². The van der Waals surface area contributed by atoms with E-state index in [4.69, 9.17) is 9.72 Å². The van der Waals surface area contributed by atoms with Crippen LogP contribution in [-0.2, 0) is 4.79 Å². The summed E-state index contributed by atoms with van der Waals surface area (Å²) in [7, 11) is 0. The largest absolute Gasteiger partial charge is 0.484 e. The van der Waals surface area contributed by atoms with Gasteiger partial charge in [-0.05, 0) is 56.5 Å². The second-order valence-electron chi connectivity index (χ2n) is 9.57. The number of hydrogen-bond acceptors (Lipinski definition) is 7. The van der Waals surface area contributed by atoms with E-state index in [-0.39, 0.29) is 35.2 Å². The number of rotatable bonds is 6. The number of halogens is 2. The van der Waals surface area contributed by atoms with E-state index in [0.29, 0.717) is 24.1 Å². The minimum atomic E-state index is -1.04. The standard InChI is InChI=1S/C25H24F2N6O2/c1-3-20(34)33-12-14-10-15(33)11-32(14)19-7-5-17-23(31-19)24(29-13-28-17)30-16-4-6-18(22(27)21(16)26)35-25(2)8-9-25/h3-7,13-15H,1,8-12H2,2H3,(H,28,29,30)/t14-,15-/m0/s1. The molecule has 10 heteroatoms. The van der Waals surface area contributed by atoms with Crippen LogP contribution in [0.4, 0.5) is 26.1 Å². The van der Waals surface area contributed by atoms with Gasteiger partial charge in [-0.25, -0.2) is 19.3 Å². The van der Waals surface area contributed by atoms with Crippen LogP contribution in [0.15, 0.2) is 43.2 Å². The van der Waals surface area contributed by atoms with Crippen LogP contribution in [0.5, 0.6) is 5.75 Å². The van der Waals surface area contributed by atoms with E-state index in [9.17, 15) is 13.6 Å². The molecule has 0 radical (unpaired) electrons. The number of pyridine rings is 1. The molecule has 1 aromatic carbocycles. The van der Waals surface area contributed by atoms with E-state index in [2.05, 4.69) is 26.8 Å². The molecule has 4 heterocycles. The molecule has 2 bridgehead atoms. The van der Waals surface area contributed by atoms with Crippen molar-refractivity contribution >= 4 is 34.3 Å². The number of fused-ring (bicyclic) bond motifs is 3. The van der Waals surface area contributed by atoms with Gasteiger partial charge in [0.15, 0.2) is 17.4 Å². The number of amides is 1. The molecule has 1 saturated carbocycles. The fraction of sp³-hybridized carbons (Fsp3) is 0.360. The Morgan fingerprint density at radius 1 is 1.17 bits per heavy atom. The lowest BCUT2D eigenvalue weighted by atomic mass is 10.2. The smallest absolute Gasteiger partial charge is 0.246 e. The third-order valence-electron chi connectivity index (χ3n) is 7.07. The Balaban J connectivity index is 1.28. The third-order valence-corrected chi connectivity index (χ3v) is 7.07. The lowest BCUT2D eigenvalue weighted by Crippen LogP contribution is -2.48. The van der Waals surface area contributed by atoms with Crippen molar-refractivity contribution in [3.8, 4) is 5.75 Å². The van der Waals surface area contributed by atoms with Gasteiger partial charge in [-0.1, -0.05) is 6.58 Å². The Hall–Kier alpha value is -3.82. The van der Waals surface area contributed by atoms with Crippen LogP contribution in [0.1, 0.15) is 26.2 Å². The zero-order valence-electron chi connectivity index (χ0n) is 19.2. The summed E-state index contributed by atoms with van der Waals surface area (Å²) in [6, 6.07) is 6.83. The van der Waals surface area contributed by atoms with Gasteiger partial charge in [0.1, 0.15) is 23.3 Å². The summed E-state index contributed by atoms with van der Waals surface area (Å²) in [6.45, 7) is 6.73. The van der Waals surface area contributed by atoms with Crippen LogP contribution in [0.25, 0.3) is 11.0 Å². The molecule has 2 aromatic heterocycles. The summed E-state index contributed by atoms with van der Waals surface area (Å²) in [5, 5.41) is 2.88. The molecule has 3 fully saturated rings. The molecular weight excluding hydrogens is 454 g/mol. The molecule has 6 rings (SSSR count). The highest BCUT2D eigenvalue weighted by atomic mass is 19.2. The molecule has 1 N–H and O–H groups in total. The number of carbonyl (C=O) groups is 1. The molecule has 8 nitrogen and oxygen atoms in total. The second kappa shape index (κ2) is 7.86. The maximum absolute atomic E-state index is 14.9. The lowest BCUT2D eigenvalue weighted by Gasteiger charge is -2.34. The Kier molecular flexibility index (Phi) is 4.87. The predicted octanol–water partition coefficient (Wildman–Crippen LogP) is 3.95. The highest BCUT2D eigenvalue weighted by molar-refractivity contribution is 5.89. The summed E-state index contributed by atoms with van der Waals surface area (Å²) < 4.78 is 35.2. The molecule has 2 saturated heterocycles. The number of carbonyl (C=O) groups excluding carboxylic acids is 1. The molecule has 1 aliphatic carbocycles. The van der Waals surface area contributed by atoms with Crippen LogP contribution in [0.3, 0.4) is 0 Å². The summed E-state index contributed by atoms with van der Waals surface area (Å²) in [5.41, 5.74) is 0.525. The van der Waals surface area contributed by atoms with Crippen molar-refractivity contribution in [3.05, 3.63) is 54.9 Å². The van der Waals surface area contributed by atoms with Crippen molar-refractivity contribution in [1.82, 2.24) is 19.9 Å². The van der Waals surface area contributed by atoms with Gasteiger partial charge in [-0.15, -0.1) is 0 Å². The molecule has 2 atom stereocenters. The minimum Gasteiger partial charge on any atom is -0.484 e. The van der Waals surface area contributed by atoms with Crippen molar-refractivity contribution in [2.24, 2.45) is 0 Å². The molecule has 180 valence electrons. The summed E-state index contributed by atoms with van der Waals surface area (Å²) in [4.78, 5) is 29.3. The summed E-state index contributed by atoms with van der Waals surface area (Å²) in [6.07, 6.45) is 5.20. The van der Waals surface area contributed by atoms with Crippen molar-refractivity contribution < 1.29 is 18.3 Å². The number of nitrogens with zero attached hydrogens (tertiary/aromatic N) is 5. The topological polar surface area (TPSA) is 83.5 Å². The van der Waals surface area contributed by atoms with Crippen molar-refractivity contribution in [3.63, 3.8) is 0 Å². The fourth-order valence-electron chi connectivity index (χ4n) is 4.89. The molecule has 2 aliphatic heterocycles. The van der Waals surface area contributed by atoms with Crippen LogP contribution in [0, 0.1) is 11.6 Å². The monoisotopic (exact) mass is 478 g/mol. The summed E-state index contributed by atoms with van der Waals surface area (Å²) >= 11 is 0. The van der Waals surface area contributed by atoms with Crippen LogP contribution in [-0.4, -0.2) is 56.5 Å². The molecule has 0 spiro atoms. The quantitative estimate of drug-likeness (QED) is 0.537. The van der Waals surface area contributed by atoms with Crippen LogP contribution < -0.4 is 15.0 Å². The first-order chi connectivity index (χ1) is 16.8. The second-order valence-corrected chi connectivity index (χ2v) is 9.57. The highest BCUT2D eigenvalue weighted by Gasteiger charge is 2.45. The first-order valence-corrected chi connectivity index (χ1v) is 11.6. The fourth-order valence-corrected chi connectivity index (χ4v) is 4.89. The Labute approximate surface area is 200 Å². The number of nitrogens with one attached hydrogen (secondary N) is 1. The lowest BCUT2D eigenvalue weighted by molar-refractivity contribution is -0.127. The molecule has 0 unspecified atom stereocenters. The summed E-state index contributed by atoms with van der Waals surface area (Å²) in [5.74, 6) is -1.25. The van der Waals surface area contributed by atoms with E-state index in [1.54, 1.807) is 0 Å². The molecule has 1 amide bonds.